The number of carbonyl (C=O) groups excluding carboxylic acids is 1. The molecule has 1 saturated carbocycles. The summed E-state index contributed by atoms with van der Waals surface area (Å²) in [7, 11) is 4.33. The first kappa shape index (κ1) is 13.4. The van der Waals surface area contributed by atoms with E-state index in [0.29, 0.717) is 0 Å². The summed E-state index contributed by atoms with van der Waals surface area (Å²) in [4.78, 5) is 13.8. The van der Waals surface area contributed by atoms with Crippen LogP contribution in [0.25, 0.3) is 0 Å². The third kappa shape index (κ3) is 2.08. The van der Waals surface area contributed by atoms with Gasteiger partial charge in [0.25, 0.3) is 0 Å². The Bertz CT molecular complexity index is 490. The number of rotatable bonds is 2. The minimum Gasteiger partial charge on any atom is -0.336 e. The van der Waals surface area contributed by atoms with Gasteiger partial charge < -0.3 is 10.6 Å². The van der Waals surface area contributed by atoms with E-state index in [2.05, 4.69) is 60.0 Å². The zero-order valence-electron chi connectivity index (χ0n) is 12.3. The van der Waals surface area contributed by atoms with Crippen LogP contribution in [-0.2, 0) is 5.54 Å². The molecule has 0 aromatic heterocycles. The molecule has 2 N–H and O–H groups in total. The Morgan fingerprint density at radius 1 is 1.05 bits per heavy atom. The van der Waals surface area contributed by atoms with Gasteiger partial charge in [0.1, 0.15) is 0 Å². The fourth-order valence-corrected chi connectivity index (χ4v) is 3.77. The molecule has 4 heteroatoms. The second-order valence-corrected chi connectivity index (χ2v) is 6.38. The van der Waals surface area contributed by atoms with E-state index in [1.807, 2.05) is 0 Å². The maximum absolute atomic E-state index is 11.4. The Hall–Kier alpha value is -1.55. The van der Waals surface area contributed by atoms with E-state index >= 15 is 0 Å². The van der Waals surface area contributed by atoms with Gasteiger partial charge in [-0.2, -0.15) is 0 Å². The highest BCUT2D eigenvalue weighted by Gasteiger charge is 2.47. The zero-order valence-corrected chi connectivity index (χ0v) is 12.3. The van der Waals surface area contributed by atoms with Gasteiger partial charge in [0.2, 0.25) is 0 Å². The van der Waals surface area contributed by atoms with Crippen LogP contribution < -0.4 is 10.6 Å². The third-order valence-electron chi connectivity index (χ3n) is 5.17. The summed E-state index contributed by atoms with van der Waals surface area (Å²) in [5, 5.41) is 6.04. The van der Waals surface area contributed by atoms with Crippen molar-refractivity contribution in [3.8, 4) is 0 Å². The van der Waals surface area contributed by atoms with Crippen molar-refractivity contribution in [3.05, 3.63) is 35.9 Å². The summed E-state index contributed by atoms with van der Waals surface area (Å²) in [6, 6.07) is 10.7. The van der Waals surface area contributed by atoms with Gasteiger partial charge in [0.05, 0.1) is 5.54 Å². The summed E-state index contributed by atoms with van der Waals surface area (Å²) >= 11 is 0. The van der Waals surface area contributed by atoms with Gasteiger partial charge in [0, 0.05) is 12.1 Å². The smallest absolute Gasteiger partial charge is 0.315 e. The summed E-state index contributed by atoms with van der Waals surface area (Å²) in [5.41, 5.74) is 1.46. The molecule has 2 aliphatic rings. The van der Waals surface area contributed by atoms with E-state index < -0.39 is 0 Å². The largest absolute Gasteiger partial charge is 0.336 e. The number of nitrogens with zero attached hydrogens (tertiary/aromatic N) is 1. The van der Waals surface area contributed by atoms with Crippen molar-refractivity contribution in [1.29, 1.82) is 0 Å². The third-order valence-corrected chi connectivity index (χ3v) is 5.17. The van der Waals surface area contributed by atoms with Crippen LogP contribution in [0.4, 0.5) is 4.79 Å². The normalized spacial score (nSPS) is 33.2. The van der Waals surface area contributed by atoms with Gasteiger partial charge in [0.15, 0.2) is 0 Å². The maximum Gasteiger partial charge on any atom is 0.315 e. The van der Waals surface area contributed by atoms with Gasteiger partial charge >= 0.3 is 6.03 Å². The molecule has 1 aromatic carbocycles. The second kappa shape index (κ2) is 4.77. The van der Waals surface area contributed by atoms with Crippen LogP contribution in [0.3, 0.4) is 0 Å². The molecule has 1 aromatic rings. The van der Waals surface area contributed by atoms with E-state index in [1.54, 1.807) is 0 Å². The Balaban J connectivity index is 1.84. The Labute approximate surface area is 120 Å². The molecule has 1 spiro atoms. The number of amides is 2. The molecule has 0 atom stereocenters. The molecular weight excluding hydrogens is 250 g/mol. The van der Waals surface area contributed by atoms with E-state index in [-0.39, 0.29) is 17.1 Å². The van der Waals surface area contributed by atoms with Crippen LogP contribution in [0, 0.1) is 0 Å². The minimum absolute atomic E-state index is 0.0120. The van der Waals surface area contributed by atoms with E-state index in [9.17, 15) is 4.79 Å². The highest BCUT2D eigenvalue weighted by molar-refractivity contribution is 5.77. The van der Waals surface area contributed by atoms with Gasteiger partial charge in [-0.3, -0.25) is 4.90 Å². The molecule has 0 unspecified atom stereocenters. The highest BCUT2D eigenvalue weighted by atomic mass is 16.2. The van der Waals surface area contributed by atoms with Crippen LogP contribution in [0.5, 0.6) is 0 Å². The van der Waals surface area contributed by atoms with E-state index in [4.69, 9.17) is 0 Å². The first-order chi connectivity index (χ1) is 9.56. The predicted molar refractivity (Wildman–Crippen MR) is 79.5 cm³/mol. The van der Waals surface area contributed by atoms with E-state index in [0.717, 1.165) is 32.2 Å². The average Bonchev–Trinajstić information content (AvgIpc) is 2.82. The topological polar surface area (TPSA) is 44.4 Å². The number of urea groups is 1. The Morgan fingerprint density at radius 3 is 2.20 bits per heavy atom. The van der Waals surface area contributed by atoms with Gasteiger partial charge in [-0.05, 0) is 45.3 Å². The second-order valence-electron chi connectivity index (χ2n) is 6.38. The predicted octanol–water partition coefficient (Wildman–Crippen LogP) is 2.07. The quantitative estimate of drug-likeness (QED) is 0.866. The molecule has 2 amide bonds. The lowest BCUT2D eigenvalue weighted by Gasteiger charge is -2.48. The number of benzene rings is 1. The number of hydrogen-bond acceptors (Lipinski definition) is 2. The standard InChI is InChI=1S/C16H23N3O/c1-19(2)16(13-6-4-3-5-7-13)10-8-15(9-11-16)12-17-14(20)18-15/h3-7H,8-12H2,1-2H3,(H2,17,18,20). The SMILES string of the molecule is CN(C)C1(c2ccccc2)CCC2(CC1)CNC(=O)N2. The van der Waals surface area contributed by atoms with Gasteiger partial charge in [-0.15, -0.1) is 0 Å². The van der Waals surface area contributed by atoms with Crippen molar-refractivity contribution in [2.24, 2.45) is 0 Å². The van der Waals surface area contributed by atoms with Crippen molar-refractivity contribution >= 4 is 6.03 Å². The molecule has 20 heavy (non-hydrogen) atoms. The first-order valence-corrected chi connectivity index (χ1v) is 7.35. The molecule has 4 nitrogen and oxygen atoms in total. The molecule has 0 radical (unpaired) electrons. The fraction of sp³-hybridized carbons (Fsp3) is 0.562. The highest BCUT2D eigenvalue weighted by Crippen LogP contribution is 2.44. The molecule has 1 aliphatic heterocycles. The molecule has 1 saturated heterocycles. The fourth-order valence-electron chi connectivity index (χ4n) is 3.77. The van der Waals surface area contributed by atoms with Crippen molar-refractivity contribution in [2.75, 3.05) is 20.6 Å². The summed E-state index contributed by atoms with van der Waals surface area (Å²) in [5.74, 6) is 0. The van der Waals surface area contributed by atoms with Crippen molar-refractivity contribution in [3.63, 3.8) is 0 Å². The van der Waals surface area contributed by atoms with Crippen molar-refractivity contribution in [2.45, 2.75) is 36.8 Å². The molecule has 108 valence electrons. The van der Waals surface area contributed by atoms with Gasteiger partial charge in [-0.1, -0.05) is 30.3 Å². The van der Waals surface area contributed by atoms with Crippen LogP contribution in [0.1, 0.15) is 31.2 Å². The lowest BCUT2D eigenvalue weighted by Crippen LogP contribution is -2.53. The molecule has 2 fully saturated rings. The maximum atomic E-state index is 11.4. The molecule has 1 aliphatic carbocycles. The van der Waals surface area contributed by atoms with E-state index in [1.165, 1.54) is 5.56 Å². The lowest BCUT2D eigenvalue weighted by molar-refractivity contribution is 0.0653. The molecule has 1 heterocycles. The minimum atomic E-state index is -0.0224. The van der Waals surface area contributed by atoms with Crippen LogP contribution in [0.2, 0.25) is 0 Å². The first-order valence-electron chi connectivity index (χ1n) is 7.35. The average molecular weight is 273 g/mol. The van der Waals surface area contributed by atoms with Crippen LogP contribution in [0.15, 0.2) is 30.3 Å². The van der Waals surface area contributed by atoms with Gasteiger partial charge in [-0.25, -0.2) is 4.79 Å². The number of nitrogens with one attached hydrogen (secondary N) is 2. The number of carbonyl (C=O) groups is 1. The summed E-state index contributed by atoms with van der Waals surface area (Å²) in [6.45, 7) is 0.768. The Morgan fingerprint density at radius 2 is 1.70 bits per heavy atom. The number of hydrogen-bond donors (Lipinski definition) is 2. The molecule has 3 rings (SSSR count). The lowest BCUT2D eigenvalue weighted by atomic mass is 9.69. The summed E-state index contributed by atoms with van der Waals surface area (Å²) < 4.78 is 0. The monoisotopic (exact) mass is 273 g/mol. The summed E-state index contributed by atoms with van der Waals surface area (Å²) in [6.07, 6.45) is 4.20. The molecular formula is C16H23N3O. The van der Waals surface area contributed by atoms with Crippen molar-refractivity contribution in [1.82, 2.24) is 15.5 Å². The Kier molecular flexibility index (Phi) is 3.21. The molecule has 0 bridgehead atoms. The van der Waals surface area contributed by atoms with Crippen LogP contribution >= 0.6 is 0 Å². The van der Waals surface area contributed by atoms with Crippen molar-refractivity contribution < 1.29 is 4.79 Å². The zero-order chi connectivity index (χ0) is 14.2. The van der Waals surface area contributed by atoms with Crippen LogP contribution in [-0.4, -0.2) is 37.1 Å².